The minimum absolute atomic E-state index is 0.272. The van der Waals surface area contributed by atoms with Gasteiger partial charge in [-0.25, -0.2) is 17.5 Å². The van der Waals surface area contributed by atoms with Crippen LogP contribution in [0.1, 0.15) is 0 Å². The van der Waals surface area contributed by atoms with E-state index >= 15 is 0 Å². The molecule has 2 aromatic heterocycles. The number of halogens is 1. The average Bonchev–Trinajstić information content (AvgIpc) is 3.03. The maximum absolute atomic E-state index is 14.0. The summed E-state index contributed by atoms with van der Waals surface area (Å²) in [5.74, 6) is 0.00604. The molecule has 1 aliphatic heterocycles. The zero-order valence-corrected chi connectivity index (χ0v) is 18.0. The molecule has 0 spiro atoms. The van der Waals surface area contributed by atoms with Crippen LogP contribution >= 0.6 is 12.2 Å². The summed E-state index contributed by atoms with van der Waals surface area (Å²) in [6, 6.07) is 9.19. The highest BCUT2D eigenvalue weighted by molar-refractivity contribution is 7.89. The molecule has 0 aliphatic carbocycles. The molecular weight excluding hydrogens is 427 g/mol. The second kappa shape index (κ2) is 8.34. The van der Waals surface area contributed by atoms with E-state index in [2.05, 4.69) is 15.0 Å². The summed E-state index contributed by atoms with van der Waals surface area (Å²) in [7, 11) is -2.00. The Morgan fingerprint density at radius 3 is 2.40 bits per heavy atom. The van der Waals surface area contributed by atoms with Crippen LogP contribution in [0.4, 0.5) is 4.39 Å². The maximum atomic E-state index is 14.0. The fourth-order valence-corrected chi connectivity index (χ4v) is 5.10. The zero-order chi connectivity index (χ0) is 21.3. The normalized spacial score (nSPS) is 16.1. The molecule has 1 aromatic carbocycles. The Labute approximate surface area is 179 Å². The van der Waals surface area contributed by atoms with Crippen molar-refractivity contribution in [2.45, 2.75) is 11.6 Å². The predicted octanol–water partition coefficient (Wildman–Crippen LogP) is 2.12. The van der Waals surface area contributed by atoms with Crippen molar-refractivity contribution in [2.75, 3.05) is 26.2 Å². The number of aromatic nitrogens is 4. The van der Waals surface area contributed by atoms with E-state index in [9.17, 15) is 12.8 Å². The third kappa shape index (κ3) is 3.93. The minimum Gasteiger partial charge on any atom is -0.303 e. The van der Waals surface area contributed by atoms with Gasteiger partial charge in [-0.05, 0) is 36.5 Å². The summed E-state index contributed by atoms with van der Waals surface area (Å²) in [5.41, 5.74) is 0.915. The maximum Gasteiger partial charge on any atom is 0.246 e. The van der Waals surface area contributed by atoms with Gasteiger partial charge in [0.25, 0.3) is 0 Å². The molecule has 11 heteroatoms. The molecule has 0 bridgehead atoms. The predicted molar refractivity (Wildman–Crippen MR) is 112 cm³/mol. The molecule has 0 atom stereocenters. The van der Waals surface area contributed by atoms with E-state index < -0.39 is 15.8 Å². The zero-order valence-electron chi connectivity index (χ0n) is 16.3. The molecule has 0 unspecified atom stereocenters. The van der Waals surface area contributed by atoms with Crippen LogP contribution in [0, 0.1) is 10.6 Å². The second-order valence-corrected chi connectivity index (χ2v) is 9.27. The molecule has 1 saturated heterocycles. The number of piperazine rings is 1. The third-order valence-electron chi connectivity index (χ3n) is 5.10. The number of pyridine rings is 1. The van der Waals surface area contributed by atoms with E-state index in [-0.39, 0.29) is 18.0 Å². The van der Waals surface area contributed by atoms with E-state index in [0.29, 0.717) is 24.5 Å². The van der Waals surface area contributed by atoms with Crippen LogP contribution in [0.2, 0.25) is 0 Å². The van der Waals surface area contributed by atoms with Gasteiger partial charge < -0.3 is 4.57 Å². The van der Waals surface area contributed by atoms with Crippen molar-refractivity contribution in [2.24, 2.45) is 7.05 Å². The van der Waals surface area contributed by atoms with Gasteiger partial charge in [0, 0.05) is 51.2 Å². The van der Waals surface area contributed by atoms with Crippen molar-refractivity contribution >= 4 is 22.2 Å². The Kier molecular flexibility index (Phi) is 5.78. The first-order valence-corrected chi connectivity index (χ1v) is 11.2. The van der Waals surface area contributed by atoms with Crippen LogP contribution in [-0.4, -0.2) is 63.1 Å². The molecule has 0 saturated carbocycles. The lowest BCUT2D eigenvalue weighted by Crippen LogP contribution is -2.49. The van der Waals surface area contributed by atoms with Gasteiger partial charge in [0.05, 0.1) is 6.67 Å². The number of nitrogens with zero attached hydrogens (tertiary/aromatic N) is 6. The number of hydrogen-bond donors (Lipinski definition) is 0. The molecule has 8 nitrogen and oxygen atoms in total. The van der Waals surface area contributed by atoms with E-state index in [1.54, 1.807) is 17.1 Å². The molecule has 1 aliphatic rings. The van der Waals surface area contributed by atoms with Gasteiger partial charge in [0.1, 0.15) is 10.7 Å². The number of hydrogen-bond acceptors (Lipinski definition) is 6. The number of rotatable bonds is 5. The molecular formula is C19H21FN6O2S2. The smallest absolute Gasteiger partial charge is 0.246 e. The van der Waals surface area contributed by atoms with Crippen LogP contribution in [0.25, 0.3) is 11.4 Å². The second-order valence-electron chi connectivity index (χ2n) is 6.99. The number of sulfonamides is 1. The lowest BCUT2D eigenvalue weighted by Gasteiger charge is -2.33. The summed E-state index contributed by atoms with van der Waals surface area (Å²) in [4.78, 5) is 5.81. The molecule has 4 rings (SSSR count). The van der Waals surface area contributed by atoms with Crippen LogP contribution in [0.15, 0.2) is 53.7 Å². The van der Waals surface area contributed by atoms with Gasteiger partial charge in [-0.2, -0.15) is 9.40 Å². The van der Waals surface area contributed by atoms with E-state index in [1.165, 1.54) is 22.5 Å². The highest BCUT2D eigenvalue weighted by Gasteiger charge is 2.30. The largest absolute Gasteiger partial charge is 0.303 e. The standard InChI is InChI=1S/C19H21FN6O2S2/c1-23-18(15-6-8-21-9-7-15)22-26(19(23)29)14-24-10-12-25(13-11-24)30(27,28)17-5-3-2-4-16(17)20/h2-9H,10-14H2,1H3. The fourth-order valence-electron chi connectivity index (χ4n) is 3.43. The van der Waals surface area contributed by atoms with Crippen molar-refractivity contribution in [1.29, 1.82) is 0 Å². The lowest BCUT2D eigenvalue weighted by molar-refractivity contribution is 0.144. The topological polar surface area (TPSA) is 76.3 Å². The monoisotopic (exact) mass is 448 g/mol. The molecule has 158 valence electrons. The van der Waals surface area contributed by atoms with E-state index in [0.717, 1.165) is 17.5 Å². The summed E-state index contributed by atoms with van der Waals surface area (Å²) < 4.78 is 45.0. The lowest BCUT2D eigenvalue weighted by atomic mass is 10.2. The van der Waals surface area contributed by atoms with Crippen molar-refractivity contribution in [1.82, 2.24) is 28.5 Å². The molecule has 0 amide bonds. The average molecular weight is 449 g/mol. The quantitative estimate of drug-likeness (QED) is 0.557. The Bertz CT molecular complexity index is 1200. The van der Waals surface area contributed by atoms with Crippen LogP contribution in [-0.2, 0) is 23.7 Å². The van der Waals surface area contributed by atoms with Crippen LogP contribution in [0.3, 0.4) is 0 Å². The first-order valence-electron chi connectivity index (χ1n) is 9.39. The van der Waals surface area contributed by atoms with Crippen molar-refractivity contribution < 1.29 is 12.8 Å². The van der Waals surface area contributed by atoms with Crippen molar-refractivity contribution in [3.63, 3.8) is 0 Å². The van der Waals surface area contributed by atoms with Gasteiger partial charge in [0.15, 0.2) is 10.6 Å². The first kappa shape index (κ1) is 20.8. The van der Waals surface area contributed by atoms with Crippen molar-refractivity contribution in [3.05, 3.63) is 59.4 Å². The molecule has 3 aromatic rings. The highest BCUT2D eigenvalue weighted by Crippen LogP contribution is 2.21. The first-order chi connectivity index (χ1) is 14.4. The Balaban J connectivity index is 1.46. The highest BCUT2D eigenvalue weighted by atomic mass is 32.2. The number of benzene rings is 1. The summed E-state index contributed by atoms with van der Waals surface area (Å²) >= 11 is 5.52. The summed E-state index contributed by atoms with van der Waals surface area (Å²) in [6.45, 7) is 1.99. The molecule has 0 N–H and O–H groups in total. The van der Waals surface area contributed by atoms with Gasteiger partial charge in [-0.3, -0.25) is 9.88 Å². The summed E-state index contributed by atoms with van der Waals surface area (Å²) in [5, 5.41) is 4.63. The van der Waals surface area contributed by atoms with Gasteiger partial charge in [0.2, 0.25) is 10.0 Å². The van der Waals surface area contributed by atoms with Gasteiger partial charge in [-0.1, -0.05) is 12.1 Å². The Morgan fingerprint density at radius 2 is 1.73 bits per heavy atom. The van der Waals surface area contributed by atoms with Crippen LogP contribution < -0.4 is 0 Å². The SMILES string of the molecule is Cn1c(-c2ccncc2)nn(CN2CCN(S(=O)(=O)c3ccccc3F)CC2)c1=S. The van der Waals surface area contributed by atoms with Gasteiger partial charge >= 0.3 is 0 Å². The van der Waals surface area contributed by atoms with Crippen molar-refractivity contribution in [3.8, 4) is 11.4 Å². The minimum atomic E-state index is -3.86. The summed E-state index contributed by atoms with van der Waals surface area (Å²) in [6.07, 6.45) is 3.40. The third-order valence-corrected chi connectivity index (χ3v) is 7.52. The molecule has 1 fully saturated rings. The van der Waals surface area contributed by atoms with Gasteiger partial charge in [-0.15, -0.1) is 0 Å². The molecule has 0 radical (unpaired) electrons. The van der Waals surface area contributed by atoms with Crippen LogP contribution in [0.5, 0.6) is 0 Å². The van der Waals surface area contributed by atoms with E-state index in [4.69, 9.17) is 12.2 Å². The molecule has 30 heavy (non-hydrogen) atoms. The Morgan fingerprint density at radius 1 is 1.07 bits per heavy atom. The fraction of sp³-hybridized carbons (Fsp3) is 0.316. The molecule has 3 heterocycles. The van der Waals surface area contributed by atoms with E-state index in [1.807, 2.05) is 23.7 Å². The Hall–Kier alpha value is -2.47.